The number of esters is 1. The lowest BCUT2D eigenvalue weighted by Crippen LogP contribution is -2.25. The molecule has 28 heavy (non-hydrogen) atoms. The summed E-state index contributed by atoms with van der Waals surface area (Å²) in [4.78, 5) is 37.4. The fourth-order valence-corrected chi connectivity index (χ4v) is 3.70. The molecule has 0 fully saturated rings. The van der Waals surface area contributed by atoms with E-state index in [0.717, 1.165) is 27.1 Å². The Balaban J connectivity index is 2.31. The Morgan fingerprint density at radius 2 is 2.04 bits per heavy atom. The standard InChI is InChI=1S/C19H18ClN3O4S/c1-4-27-19(26)16-13-9-28-17(21-14(24)8-20)15(13)18(25)23(22-16)12-6-5-10(2)11(3)7-12/h5-7,9H,4,8H2,1-3H3,(H,21,24). The highest BCUT2D eigenvalue weighted by atomic mass is 35.5. The lowest BCUT2D eigenvalue weighted by molar-refractivity contribution is -0.113. The number of aromatic nitrogens is 2. The first-order chi connectivity index (χ1) is 13.4. The summed E-state index contributed by atoms with van der Waals surface area (Å²) in [5.41, 5.74) is 2.12. The van der Waals surface area contributed by atoms with Crippen molar-refractivity contribution in [3.63, 3.8) is 0 Å². The van der Waals surface area contributed by atoms with Crippen molar-refractivity contribution >= 4 is 50.6 Å². The molecule has 1 N–H and O–H groups in total. The normalized spacial score (nSPS) is 10.9. The Kier molecular flexibility index (Phi) is 5.81. The van der Waals surface area contributed by atoms with Gasteiger partial charge in [0.05, 0.1) is 17.7 Å². The number of rotatable bonds is 5. The minimum Gasteiger partial charge on any atom is -0.461 e. The first kappa shape index (κ1) is 20.0. The van der Waals surface area contributed by atoms with Gasteiger partial charge in [0, 0.05) is 10.8 Å². The van der Waals surface area contributed by atoms with E-state index in [1.165, 1.54) is 0 Å². The van der Waals surface area contributed by atoms with E-state index in [2.05, 4.69) is 10.4 Å². The summed E-state index contributed by atoms with van der Waals surface area (Å²) in [6.07, 6.45) is 0. The minimum atomic E-state index is -0.641. The minimum absolute atomic E-state index is 0.0114. The van der Waals surface area contributed by atoms with E-state index >= 15 is 0 Å². The molecule has 1 aromatic carbocycles. The van der Waals surface area contributed by atoms with Crippen LogP contribution in [0, 0.1) is 13.8 Å². The number of thiophene rings is 1. The van der Waals surface area contributed by atoms with Crippen molar-refractivity contribution in [2.45, 2.75) is 20.8 Å². The first-order valence-electron chi connectivity index (χ1n) is 8.52. The van der Waals surface area contributed by atoms with E-state index in [4.69, 9.17) is 16.3 Å². The molecule has 146 valence electrons. The average molecular weight is 420 g/mol. The third kappa shape index (κ3) is 3.65. The zero-order valence-corrected chi connectivity index (χ0v) is 17.1. The van der Waals surface area contributed by atoms with Crippen LogP contribution < -0.4 is 10.9 Å². The molecule has 2 aromatic heterocycles. The summed E-state index contributed by atoms with van der Waals surface area (Å²) in [5, 5.41) is 9.32. The van der Waals surface area contributed by atoms with Crippen LogP contribution in [0.2, 0.25) is 0 Å². The molecule has 0 saturated heterocycles. The highest BCUT2D eigenvalue weighted by Gasteiger charge is 2.23. The van der Waals surface area contributed by atoms with Gasteiger partial charge in [-0.3, -0.25) is 9.59 Å². The third-order valence-electron chi connectivity index (χ3n) is 4.23. The quantitative estimate of drug-likeness (QED) is 0.505. The van der Waals surface area contributed by atoms with Crippen LogP contribution in [0.5, 0.6) is 0 Å². The number of hydrogen-bond donors (Lipinski definition) is 1. The number of fused-ring (bicyclic) bond motifs is 1. The van der Waals surface area contributed by atoms with Crippen LogP contribution in [-0.2, 0) is 9.53 Å². The van der Waals surface area contributed by atoms with Crippen LogP contribution >= 0.6 is 22.9 Å². The van der Waals surface area contributed by atoms with Gasteiger partial charge < -0.3 is 10.1 Å². The number of ether oxygens (including phenoxy) is 1. The predicted molar refractivity (Wildman–Crippen MR) is 110 cm³/mol. The average Bonchev–Trinajstić information content (AvgIpc) is 3.08. The molecule has 3 rings (SSSR count). The van der Waals surface area contributed by atoms with E-state index in [1.54, 1.807) is 18.4 Å². The Hall–Kier alpha value is -2.71. The van der Waals surface area contributed by atoms with Crippen LogP contribution in [-0.4, -0.2) is 34.1 Å². The van der Waals surface area contributed by atoms with Gasteiger partial charge in [-0.2, -0.15) is 9.78 Å². The number of aryl methyl sites for hydroxylation is 2. The summed E-state index contributed by atoms with van der Waals surface area (Å²) in [5.74, 6) is -1.34. The molecule has 0 radical (unpaired) electrons. The molecule has 3 aromatic rings. The van der Waals surface area contributed by atoms with Crippen molar-refractivity contribution in [1.29, 1.82) is 0 Å². The lowest BCUT2D eigenvalue weighted by Gasteiger charge is -2.11. The molecule has 0 unspecified atom stereocenters. The van der Waals surface area contributed by atoms with Gasteiger partial charge in [-0.1, -0.05) is 6.07 Å². The Bertz CT molecular complexity index is 1140. The molecule has 7 nitrogen and oxygen atoms in total. The first-order valence-corrected chi connectivity index (χ1v) is 9.93. The van der Waals surface area contributed by atoms with Crippen LogP contribution in [0.1, 0.15) is 28.5 Å². The van der Waals surface area contributed by atoms with E-state index < -0.39 is 17.4 Å². The topological polar surface area (TPSA) is 90.3 Å². The van der Waals surface area contributed by atoms with Crippen molar-refractivity contribution in [2.75, 3.05) is 17.8 Å². The molecule has 2 heterocycles. The van der Waals surface area contributed by atoms with Gasteiger partial charge in [-0.25, -0.2) is 4.79 Å². The predicted octanol–water partition coefficient (Wildman–Crippen LogP) is 3.42. The van der Waals surface area contributed by atoms with Gasteiger partial charge >= 0.3 is 5.97 Å². The van der Waals surface area contributed by atoms with Gasteiger partial charge in [-0.05, 0) is 44.0 Å². The number of alkyl halides is 1. The Morgan fingerprint density at radius 1 is 1.29 bits per heavy atom. The number of carbonyl (C=O) groups excluding carboxylic acids is 2. The van der Waals surface area contributed by atoms with Gasteiger partial charge in [0.25, 0.3) is 5.56 Å². The second kappa shape index (κ2) is 8.12. The fraction of sp³-hybridized carbons (Fsp3) is 0.263. The fourth-order valence-electron chi connectivity index (χ4n) is 2.68. The summed E-state index contributed by atoms with van der Waals surface area (Å²) in [6.45, 7) is 5.74. The number of halogens is 1. The summed E-state index contributed by atoms with van der Waals surface area (Å²) >= 11 is 6.69. The number of hydrogen-bond acceptors (Lipinski definition) is 6. The molecular formula is C19H18ClN3O4S. The molecule has 0 aliphatic heterocycles. The van der Waals surface area contributed by atoms with Crippen molar-refractivity contribution in [3.05, 3.63) is 50.8 Å². The van der Waals surface area contributed by atoms with Crippen molar-refractivity contribution in [2.24, 2.45) is 0 Å². The van der Waals surface area contributed by atoms with Gasteiger partial charge in [0.2, 0.25) is 5.91 Å². The van der Waals surface area contributed by atoms with Crippen LogP contribution in [0.4, 0.5) is 5.00 Å². The number of nitrogens with one attached hydrogen (secondary N) is 1. The second-order valence-electron chi connectivity index (χ2n) is 6.09. The molecule has 0 spiro atoms. The van der Waals surface area contributed by atoms with Gasteiger partial charge in [-0.15, -0.1) is 22.9 Å². The molecule has 0 bridgehead atoms. The van der Waals surface area contributed by atoms with E-state index in [9.17, 15) is 14.4 Å². The molecular weight excluding hydrogens is 402 g/mol. The van der Waals surface area contributed by atoms with Gasteiger partial charge in [0.1, 0.15) is 10.9 Å². The third-order valence-corrected chi connectivity index (χ3v) is 5.37. The van der Waals surface area contributed by atoms with Gasteiger partial charge in [0.15, 0.2) is 5.69 Å². The monoisotopic (exact) mass is 419 g/mol. The van der Waals surface area contributed by atoms with E-state index in [1.807, 2.05) is 26.0 Å². The van der Waals surface area contributed by atoms with Crippen molar-refractivity contribution in [3.8, 4) is 5.69 Å². The van der Waals surface area contributed by atoms with Crippen molar-refractivity contribution < 1.29 is 14.3 Å². The Morgan fingerprint density at radius 3 is 2.68 bits per heavy atom. The molecule has 1 amide bonds. The van der Waals surface area contributed by atoms with Crippen molar-refractivity contribution in [1.82, 2.24) is 9.78 Å². The molecule has 0 aliphatic rings. The SMILES string of the molecule is CCOC(=O)c1nn(-c2ccc(C)c(C)c2)c(=O)c2c(NC(=O)CCl)scc12. The molecule has 0 aliphatic carbocycles. The highest BCUT2D eigenvalue weighted by molar-refractivity contribution is 7.16. The smallest absolute Gasteiger partial charge is 0.359 e. The molecule has 9 heteroatoms. The number of nitrogens with zero attached hydrogens (tertiary/aromatic N) is 2. The maximum Gasteiger partial charge on any atom is 0.359 e. The zero-order valence-electron chi connectivity index (χ0n) is 15.5. The second-order valence-corrected chi connectivity index (χ2v) is 7.24. The molecule has 0 atom stereocenters. The summed E-state index contributed by atoms with van der Waals surface area (Å²) < 4.78 is 6.26. The maximum absolute atomic E-state index is 13.2. The van der Waals surface area contributed by atoms with Crippen LogP contribution in [0.3, 0.4) is 0 Å². The number of anilines is 1. The molecule has 0 saturated carbocycles. The van der Waals surface area contributed by atoms with E-state index in [0.29, 0.717) is 16.1 Å². The maximum atomic E-state index is 13.2. The largest absolute Gasteiger partial charge is 0.461 e. The van der Waals surface area contributed by atoms with E-state index in [-0.39, 0.29) is 23.6 Å². The van der Waals surface area contributed by atoms with Crippen LogP contribution in [0.25, 0.3) is 16.5 Å². The lowest BCUT2D eigenvalue weighted by atomic mass is 10.1. The number of benzene rings is 1. The highest BCUT2D eigenvalue weighted by Crippen LogP contribution is 2.30. The number of carbonyl (C=O) groups is 2. The Labute approximate surface area is 169 Å². The summed E-state index contributed by atoms with van der Waals surface area (Å²) in [6, 6.07) is 5.44. The number of amides is 1. The zero-order chi connectivity index (χ0) is 20.4. The van der Waals surface area contributed by atoms with Crippen LogP contribution in [0.15, 0.2) is 28.4 Å². The summed E-state index contributed by atoms with van der Waals surface area (Å²) in [7, 11) is 0.